The zero-order chi connectivity index (χ0) is 18.5. The SMILES string of the molecule is CC.Cc1cccc2cc(C(=O)NC(C)(C)CC(C)(C)C)ncc12. The summed E-state index contributed by atoms with van der Waals surface area (Å²) >= 11 is 0. The van der Waals surface area contributed by atoms with Gasteiger partial charge in [0.15, 0.2) is 0 Å². The van der Waals surface area contributed by atoms with Gasteiger partial charge in [-0.2, -0.15) is 0 Å². The van der Waals surface area contributed by atoms with Crippen LogP contribution in [-0.4, -0.2) is 16.4 Å². The zero-order valence-electron chi connectivity index (χ0n) is 16.4. The van der Waals surface area contributed by atoms with Gasteiger partial charge in [-0.3, -0.25) is 9.78 Å². The first-order valence-corrected chi connectivity index (χ1v) is 8.75. The molecule has 0 saturated heterocycles. The Labute approximate surface area is 146 Å². The van der Waals surface area contributed by atoms with E-state index in [-0.39, 0.29) is 16.9 Å². The number of carbonyl (C=O) groups is 1. The Morgan fingerprint density at radius 2 is 1.75 bits per heavy atom. The van der Waals surface area contributed by atoms with Crippen molar-refractivity contribution in [1.29, 1.82) is 0 Å². The van der Waals surface area contributed by atoms with Crippen molar-refractivity contribution in [2.45, 2.75) is 67.3 Å². The molecule has 0 bridgehead atoms. The summed E-state index contributed by atoms with van der Waals surface area (Å²) in [6, 6.07) is 7.94. The molecule has 0 aliphatic heterocycles. The molecule has 0 aliphatic rings. The van der Waals surface area contributed by atoms with Crippen LogP contribution >= 0.6 is 0 Å². The summed E-state index contributed by atoms with van der Waals surface area (Å²) in [5, 5.41) is 5.25. The zero-order valence-corrected chi connectivity index (χ0v) is 16.4. The number of aryl methyl sites for hydroxylation is 1. The number of fused-ring (bicyclic) bond motifs is 1. The molecule has 0 fully saturated rings. The molecule has 0 aliphatic carbocycles. The van der Waals surface area contributed by atoms with Gasteiger partial charge < -0.3 is 5.32 Å². The third kappa shape index (κ3) is 5.63. The van der Waals surface area contributed by atoms with E-state index in [4.69, 9.17) is 0 Å². The number of nitrogens with one attached hydrogen (secondary N) is 1. The van der Waals surface area contributed by atoms with Crippen molar-refractivity contribution in [1.82, 2.24) is 10.3 Å². The molecule has 1 aromatic heterocycles. The van der Waals surface area contributed by atoms with Gasteiger partial charge in [-0.1, -0.05) is 52.8 Å². The van der Waals surface area contributed by atoms with E-state index in [9.17, 15) is 4.79 Å². The standard InChI is InChI=1S/C19H26N2O.C2H6/c1-13-8-7-9-14-10-16(20-11-15(13)14)17(22)21-19(5,6)12-18(2,3)4;1-2/h7-11H,12H2,1-6H3,(H,21,22);1-2H3. The van der Waals surface area contributed by atoms with E-state index in [0.717, 1.165) is 17.2 Å². The van der Waals surface area contributed by atoms with Gasteiger partial charge in [-0.05, 0) is 49.6 Å². The van der Waals surface area contributed by atoms with Crippen LogP contribution in [0.3, 0.4) is 0 Å². The predicted octanol–water partition coefficient (Wildman–Crippen LogP) is 5.51. The van der Waals surface area contributed by atoms with Crippen molar-refractivity contribution in [3.05, 3.63) is 41.7 Å². The molecule has 1 aromatic carbocycles. The lowest BCUT2D eigenvalue weighted by atomic mass is 9.82. The van der Waals surface area contributed by atoms with E-state index >= 15 is 0 Å². The topological polar surface area (TPSA) is 42.0 Å². The lowest BCUT2D eigenvalue weighted by molar-refractivity contribution is 0.0886. The number of hydrogen-bond acceptors (Lipinski definition) is 2. The second-order valence-electron chi connectivity index (χ2n) is 7.94. The largest absolute Gasteiger partial charge is 0.346 e. The van der Waals surface area contributed by atoms with Crippen molar-refractivity contribution in [3.63, 3.8) is 0 Å². The highest BCUT2D eigenvalue weighted by molar-refractivity contribution is 5.97. The molecular weight excluding hydrogens is 296 g/mol. The monoisotopic (exact) mass is 328 g/mol. The van der Waals surface area contributed by atoms with Crippen molar-refractivity contribution in [2.75, 3.05) is 0 Å². The highest BCUT2D eigenvalue weighted by Gasteiger charge is 2.27. The molecule has 1 amide bonds. The minimum Gasteiger partial charge on any atom is -0.346 e. The molecule has 1 heterocycles. The summed E-state index contributed by atoms with van der Waals surface area (Å²) in [5.74, 6) is -0.113. The number of rotatable bonds is 3. The Bertz CT molecular complexity index is 697. The fourth-order valence-corrected chi connectivity index (χ4v) is 3.19. The highest BCUT2D eigenvalue weighted by Crippen LogP contribution is 2.27. The van der Waals surface area contributed by atoms with Crippen molar-refractivity contribution < 1.29 is 4.79 Å². The summed E-state index contributed by atoms with van der Waals surface area (Å²) in [4.78, 5) is 16.8. The van der Waals surface area contributed by atoms with Crippen molar-refractivity contribution >= 4 is 16.7 Å². The van der Waals surface area contributed by atoms with Gasteiger partial charge >= 0.3 is 0 Å². The summed E-state index contributed by atoms with van der Waals surface area (Å²) in [5.41, 5.74) is 1.54. The Morgan fingerprint density at radius 3 is 2.33 bits per heavy atom. The van der Waals surface area contributed by atoms with Gasteiger partial charge in [0, 0.05) is 17.1 Å². The van der Waals surface area contributed by atoms with Crippen LogP contribution in [0.25, 0.3) is 10.8 Å². The molecular formula is C21H32N2O. The number of pyridine rings is 1. The van der Waals surface area contributed by atoms with Crippen LogP contribution in [-0.2, 0) is 0 Å². The molecule has 24 heavy (non-hydrogen) atoms. The fourth-order valence-electron chi connectivity index (χ4n) is 3.19. The minimum atomic E-state index is -0.265. The molecule has 0 unspecified atom stereocenters. The average Bonchev–Trinajstić information content (AvgIpc) is 2.46. The van der Waals surface area contributed by atoms with Gasteiger partial charge in [-0.25, -0.2) is 0 Å². The van der Waals surface area contributed by atoms with Crippen LogP contribution in [0.2, 0.25) is 0 Å². The van der Waals surface area contributed by atoms with E-state index < -0.39 is 0 Å². The fraction of sp³-hybridized carbons (Fsp3) is 0.524. The van der Waals surface area contributed by atoms with E-state index in [2.05, 4.69) is 57.9 Å². The minimum absolute atomic E-state index is 0.113. The Kier molecular flexibility index (Phi) is 6.53. The van der Waals surface area contributed by atoms with E-state index in [1.165, 1.54) is 5.56 Å². The van der Waals surface area contributed by atoms with E-state index in [1.54, 1.807) is 6.20 Å². The van der Waals surface area contributed by atoms with Gasteiger partial charge in [0.05, 0.1) is 0 Å². The Balaban J connectivity index is 0.00000139. The van der Waals surface area contributed by atoms with Crippen LogP contribution in [0.1, 0.15) is 70.9 Å². The van der Waals surface area contributed by atoms with Crippen LogP contribution in [0, 0.1) is 12.3 Å². The molecule has 3 heteroatoms. The third-order valence-corrected chi connectivity index (χ3v) is 3.64. The average molecular weight is 329 g/mol. The molecule has 0 atom stereocenters. The quantitative estimate of drug-likeness (QED) is 0.806. The number of aromatic nitrogens is 1. The van der Waals surface area contributed by atoms with Crippen LogP contribution in [0.4, 0.5) is 0 Å². The molecule has 3 nitrogen and oxygen atoms in total. The van der Waals surface area contributed by atoms with Gasteiger partial charge in [-0.15, -0.1) is 0 Å². The maximum atomic E-state index is 12.5. The Morgan fingerprint density at radius 1 is 1.12 bits per heavy atom. The third-order valence-electron chi connectivity index (χ3n) is 3.64. The normalized spacial score (nSPS) is 11.7. The Hall–Kier alpha value is -1.90. The summed E-state index contributed by atoms with van der Waals surface area (Å²) in [6.45, 7) is 16.7. The first kappa shape index (κ1) is 20.1. The summed E-state index contributed by atoms with van der Waals surface area (Å²) < 4.78 is 0. The molecule has 0 radical (unpaired) electrons. The smallest absolute Gasteiger partial charge is 0.270 e. The van der Waals surface area contributed by atoms with Crippen molar-refractivity contribution in [2.24, 2.45) is 5.41 Å². The van der Waals surface area contributed by atoms with E-state index in [0.29, 0.717) is 5.69 Å². The van der Waals surface area contributed by atoms with Crippen LogP contribution < -0.4 is 5.32 Å². The van der Waals surface area contributed by atoms with Gasteiger partial charge in [0.2, 0.25) is 0 Å². The first-order valence-electron chi connectivity index (χ1n) is 8.75. The molecule has 2 rings (SSSR count). The molecule has 2 aromatic rings. The molecule has 1 N–H and O–H groups in total. The van der Waals surface area contributed by atoms with Gasteiger partial charge in [0.1, 0.15) is 5.69 Å². The number of benzene rings is 1. The van der Waals surface area contributed by atoms with Crippen LogP contribution in [0.5, 0.6) is 0 Å². The lowest BCUT2D eigenvalue weighted by Gasteiger charge is -2.33. The van der Waals surface area contributed by atoms with E-state index in [1.807, 2.05) is 32.0 Å². The molecule has 132 valence electrons. The molecule has 0 saturated carbocycles. The lowest BCUT2D eigenvalue weighted by Crippen LogP contribution is -2.46. The summed E-state index contributed by atoms with van der Waals surface area (Å²) in [6.07, 6.45) is 2.69. The first-order chi connectivity index (χ1) is 11.1. The summed E-state index contributed by atoms with van der Waals surface area (Å²) in [7, 11) is 0. The maximum absolute atomic E-state index is 12.5. The highest BCUT2D eigenvalue weighted by atomic mass is 16.2. The van der Waals surface area contributed by atoms with Crippen molar-refractivity contribution in [3.8, 4) is 0 Å². The maximum Gasteiger partial charge on any atom is 0.270 e. The predicted molar refractivity (Wildman–Crippen MR) is 103 cm³/mol. The number of amides is 1. The number of hydrogen-bond donors (Lipinski definition) is 1. The van der Waals surface area contributed by atoms with Crippen LogP contribution in [0.15, 0.2) is 30.5 Å². The van der Waals surface area contributed by atoms with Gasteiger partial charge in [0.25, 0.3) is 5.91 Å². The molecule has 0 spiro atoms. The second kappa shape index (κ2) is 7.78. The number of nitrogens with zero attached hydrogens (tertiary/aromatic N) is 1. The number of carbonyl (C=O) groups excluding carboxylic acids is 1. The second-order valence-corrected chi connectivity index (χ2v) is 7.94.